The normalized spacial score (nSPS) is 15.7. The number of amides is 2. The molecule has 1 heterocycles. The molecule has 1 atom stereocenters. The highest BCUT2D eigenvalue weighted by Crippen LogP contribution is 2.31. The Labute approximate surface area is 128 Å². The van der Waals surface area contributed by atoms with Gasteiger partial charge in [-0.05, 0) is 24.6 Å². The van der Waals surface area contributed by atoms with Crippen molar-refractivity contribution >= 4 is 34.8 Å². The zero-order valence-corrected chi connectivity index (χ0v) is 12.2. The van der Waals surface area contributed by atoms with Crippen LogP contribution in [0.1, 0.15) is 19.3 Å². The van der Waals surface area contributed by atoms with Gasteiger partial charge in [-0.2, -0.15) is 0 Å². The Balaban J connectivity index is 2.11. The number of carbonyl (C=O) groups excluding carboxylic acids is 2. The monoisotopic (exact) mass is 305 g/mol. The molecule has 1 aliphatic rings. The number of hydrogen-bond donors (Lipinski definition) is 2. The molecule has 1 saturated heterocycles. The van der Waals surface area contributed by atoms with Crippen molar-refractivity contribution in [2.75, 3.05) is 16.8 Å². The molecular weight excluding hydrogens is 290 g/mol. The summed E-state index contributed by atoms with van der Waals surface area (Å²) < 4.78 is 0. The van der Waals surface area contributed by atoms with Crippen molar-refractivity contribution in [3.05, 3.63) is 23.2 Å². The molecule has 3 N–H and O–H groups in total. The van der Waals surface area contributed by atoms with E-state index in [2.05, 4.69) is 11.2 Å². The van der Waals surface area contributed by atoms with E-state index >= 15 is 0 Å². The maximum atomic E-state index is 11.8. The first kappa shape index (κ1) is 15.4. The minimum absolute atomic E-state index is 0.0599. The molecule has 0 aromatic heterocycles. The maximum absolute atomic E-state index is 11.8. The molecule has 0 saturated carbocycles. The van der Waals surface area contributed by atoms with Crippen LogP contribution in [0.2, 0.25) is 5.02 Å². The Hall–Kier alpha value is -2.03. The van der Waals surface area contributed by atoms with Crippen LogP contribution in [-0.2, 0) is 9.59 Å². The Morgan fingerprint density at radius 3 is 2.90 bits per heavy atom. The van der Waals surface area contributed by atoms with Crippen LogP contribution in [0.15, 0.2) is 18.2 Å². The van der Waals surface area contributed by atoms with E-state index in [1.807, 2.05) is 0 Å². The lowest BCUT2D eigenvalue weighted by molar-refractivity contribution is -0.118. The molecule has 1 aliphatic heterocycles. The lowest BCUT2D eigenvalue weighted by Crippen LogP contribution is -2.35. The minimum Gasteiger partial charge on any atom is -0.325 e. The SMILES string of the molecule is C#CCC(N)C(=O)Nc1ccc(N2CCCC2=O)c(Cl)c1. The summed E-state index contributed by atoms with van der Waals surface area (Å²) in [6, 6.07) is 4.25. The average Bonchev–Trinajstić information content (AvgIpc) is 2.85. The van der Waals surface area contributed by atoms with Crippen molar-refractivity contribution in [2.24, 2.45) is 5.73 Å². The molecule has 0 radical (unpaired) electrons. The molecule has 0 aliphatic carbocycles. The van der Waals surface area contributed by atoms with Gasteiger partial charge in [-0.15, -0.1) is 12.3 Å². The fraction of sp³-hybridized carbons (Fsp3) is 0.333. The van der Waals surface area contributed by atoms with Gasteiger partial charge in [0.25, 0.3) is 0 Å². The van der Waals surface area contributed by atoms with E-state index in [0.29, 0.717) is 29.4 Å². The summed E-state index contributed by atoms with van der Waals surface area (Å²) in [5, 5.41) is 3.06. The smallest absolute Gasteiger partial charge is 0.242 e. The molecule has 1 unspecified atom stereocenters. The number of terminal acetylenes is 1. The Kier molecular flexibility index (Phi) is 4.84. The lowest BCUT2D eigenvalue weighted by atomic mass is 10.2. The van der Waals surface area contributed by atoms with Crippen LogP contribution in [0.25, 0.3) is 0 Å². The molecule has 1 fully saturated rings. The van der Waals surface area contributed by atoms with Crippen LogP contribution < -0.4 is 16.0 Å². The summed E-state index contributed by atoms with van der Waals surface area (Å²) in [5.74, 6) is 2.03. The number of carbonyl (C=O) groups is 2. The molecule has 110 valence electrons. The molecule has 2 rings (SSSR count). The molecule has 6 heteroatoms. The van der Waals surface area contributed by atoms with Crippen molar-refractivity contribution in [1.29, 1.82) is 0 Å². The number of nitrogens with one attached hydrogen (secondary N) is 1. The van der Waals surface area contributed by atoms with Gasteiger partial charge in [-0.25, -0.2) is 0 Å². The van der Waals surface area contributed by atoms with Crippen LogP contribution in [0, 0.1) is 12.3 Å². The maximum Gasteiger partial charge on any atom is 0.242 e. The Morgan fingerprint density at radius 1 is 1.57 bits per heavy atom. The van der Waals surface area contributed by atoms with Crippen LogP contribution in [0.3, 0.4) is 0 Å². The standard InChI is InChI=1S/C15H16ClN3O2/c1-2-4-12(17)15(21)18-10-6-7-13(11(16)9-10)19-8-3-5-14(19)20/h1,6-7,9,12H,3-5,8,17H2,(H,18,21). The fourth-order valence-electron chi connectivity index (χ4n) is 2.16. The largest absolute Gasteiger partial charge is 0.325 e. The second kappa shape index (κ2) is 6.61. The first-order chi connectivity index (χ1) is 10.0. The van der Waals surface area contributed by atoms with Crippen LogP contribution in [0.4, 0.5) is 11.4 Å². The quantitative estimate of drug-likeness (QED) is 0.832. The molecular formula is C15H16ClN3O2. The highest BCUT2D eigenvalue weighted by molar-refractivity contribution is 6.34. The van der Waals surface area contributed by atoms with Crippen molar-refractivity contribution in [1.82, 2.24) is 0 Å². The lowest BCUT2D eigenvalue weighted by Gasteiger charge is -2.18. The molecule has 5 nitrogen and oxygen atoms in total. The molecule has 0 bridgehead atoms. The predicted molar refractivity (Wildman–Crippen MR) is 83.1 cm³/mol. The summed E-state index contributed by atoms with van der Waals surface area (Å²) in [5.41, 5.74) is 6.80. The van der Waals surface area contributed by atoms with Crippen molar-refractivity contribution < 1.29 is 9.59 Å². The highest BCUT2D eigenvalue weighted by Gasteiger charge is 2.23. The third-order valence-electron chi connectivity index (χ3n) is 3.25. The van der Waals surface area contributed by atoms with E-state index in [1.54, 1.807) is 23.1 Å². The summed E-state index contributed by atoms with van der Waals surface area (Å²) in [6.45, 7) is 0.664. The van der Waals surface area contributed by atoms with Gasteiger partial charge in [0.15, 0.2) is 0 Å². The van der Waals surface area contributed by atoms with E-state index in [9.17, 15) is 9.59 Å². The van der Waals surface area contributed by atoms with Gasteiger partial charge < -0.3 is 16.0 Å². The number of hydrogen-bond acceptors (Lipinski definition) is 3. The summed E-state index contributed by atoms with van der Waals surface area (Å²) in [7, 11) is 0. The van der Waals surface area contributed by atoms with Gasteiger partial charge in [0.05, 0.1) is 16.8 Å². The average molecular weight is 306 g/mol. The van der Waals surface area contributed by atoms with Crippen LogP contribution >= 0.6 is 11.6 Å². The number of nitrogens with zero attached hydrogens (tertiary/aromatic N) is 1. The van der Waals surface area contributed by atoms with Gasteiger partial charge in [-0.1, -0.05) is 11.6 Å². The topological polar surface area (TPSA) is 75.4 Å². The van der Waals surface area contributed by atoms with Gasteiger partial charge in [0.1, 0.15) is 0 Å². The van der Waals surface area contributed by atoms with Gasteiger partial charge in [-0.3, -0.25) is 9.59 Å². The van der Waals surface area contributed by atoms with E-state index in [4.69, 9.17) is 23.8 Å². The second-order valence-electron chi connectivity index (χ2n) is 4.82. The number of halogens is 1. The molecule has 1 aromatic rings. The van der Waals surface area contributed by atoms with Gasteiger partial charge in [0, 0.05) is 25.1 Å². The third kappa shape index (κ3) is 3.54. The summed E-state index contributed by atoms with van der Waals surface area (Å²) >= 11 is 6.19. The Bertz CT molecular complexity index is 609. The zero-order chi connectivity index (χ0) is 15.4. The van der Waals surface area contributed by atoms with Crippen LogP contribution in [-0.4, -0.2) is 24.4 Å². The van der Waals surface area contributed by atoms with Gasteiger partial charge in [0.2, 0.25) is 11.8 Å². The third-order valence-corrected chi connectivity index (χ3v) is 3.56. The second-order valence-corrected chi connectivity index (χ2v) is 5.23. The minimum atomic E-state index is -0.756. The predicted octanol–water partition coefficient (Wildman–Crippen LogP) is 1.76. The highest BCUT2D eigenvalue weighted by atomic mass is 35.5. The first-order valence-corrected chi connectivity index (χ1v) is 7.00. The van der Waals surface area contributed by atoms with Gasteiger partial charge >= 0.3 is 0 Å². The van der Waals surface area contributed by atoms with E-state index in [1.165, 1.54) is 0 Å². The first-order valence-electron chi connectivity index (χ1n) is 6.62. The van der Waals surface area contributed by atoms with Crippen LogP contribution in [0.5, 0.6) is 0 Å². The summed E-state index contributed by atoms with van der Waals surface area (Å²) in [6.07, 6.45) is 6.65. The van der Waals surface area contributed by atoms with E-state index < -0.39 is 6.04 Å². The summed E-state index contributed by atoms with van der Waals surface area (Å²) in [4.78, 5) is 25.1. The number of rotatable bonds is 4. The zero-order valence-electron chi connectivity index (χ0n) is 11.4. The Morgan fingerprint density at radius 2 is 2.33 bits per heavy atom. The van der Waals surface area contributed by atoms with E-state index in [-0.39, 0.29) is 18.2 Å². The van der Waals surface area contributed by atoms with Crippen molar-refractivity contribution in [3.8, 4) is 12.3 Å². The van der Waals surface area contributed by atoms with E-state index in [0.717, 1.165) is 6.42 Å². The van der Waals surface area contributed by atoms with Crippen molar-refractivity contribution in [2.45, 2.75) is 25.3 Å². The number of benzene rings is 1. The number of anilines is 2. The fourth-order valence-corrected chi connectivity index (χ4v) is 2.44. The molecule has 2 amide bonds. The number of nitrogens with two attached hydrogens (primary N) is 1. The molecule has 21 heavy (non-hydrogen) atoms. The molecule has 1 aromatic carbocycles. The molecule has 0 spiro atoms. The van der Waals surface area contributed by atoms with Crippen molar-refractivity contribution in [3.63, 3.8) is 0 Å².